The Labute approximate surface area is 225 Å². The van der Waals surface area contributed by atoms with E-state index < -0.39 is 5.82 Å². The summed E-state index contributed by atoms with van der Waals surface area (Å²) in [6.45, 7) is 10.2. The molecule has 0 saturated heterocycles. The van der Waals surface area contributed by atoms with Crippen molar-refractivity contribution >= 4 is 52.4 Å². The van der Waals surface area contributed by atoms with Gasteiger partial charge in [-0.05, 0) is 49.9 Å². The number of halogens is 2. The van der Waals surface area contributed by atoms with E-state index in [0.717, 1.165) is 30.9 Å². The van der Waals surface area contributed by atoms with Crippen LogP contribution in [0.4, 0.5) is 21.7 Å². The van der Waals surface area contributed by atoms with Crippen LogP contribution in [0.2, 0.25) is 5.02 Å². The molecule has 0 saturated carbocycles. The van der Waals surface area contributed by atoms with E-state index in [2.05, 4.69) is 44.3 Å². The maximum atomic E-state index is 13.6. The molecule has 0 aliphatic carbocycles. The van der Waals surface area contributed by atoms with Crippen LogP contribution in [-0.2, 0) is 11.2 Å². The molecular formula is C27H29ClFN7O2. The van der Waals surface area contributed by atoms with Gasteiger partial charge in [-0.3, -0.25) is 9.59 Å². The molecule has 0 fully saturated rings. The Morgan fingerprint density at radius 1 is 1.21 bits per heavy atom. The topological polar surface area (TPSA) is 106 Å². The summed E-state index contributed by atoms with van der Waals surface area (Å²) < 4.78 is 13.6. The van der Waals surface area contributed by atoms with E-state index >= 15 is 0 Å². The number of aromatic nitrogens is 3. The summed E-state index contributed by atoms with van der Waals surface area (Å²) in [5.41, 5.74) is 4.37. The van der Waals surface area contributed by atoms with Crippen molar-refractivity contribution in [2.45, 2.75) is 27.2 Å². The molecule has 2 aliphatic rings. The maximum absolute atomic E-state index is 13.6. The van der Waals surface area contributed by atoms with E-state index in [1.165, 1.54) is 24.5 Å². The summed E-state index contributed by atoms with van der Waals surface area (Å²) in [7, 11) is 0. The molecule has 0 unspecified atom stereocenters. The van der Waals surface area contributed by atoms with Gasteiger partial charge in [-0.15, -0.1) is 0 Å². The van der Waals surface area contributed by atoms with Crippen molar-refractivity contribution in [1.82, 2.24) is 24.8 Å². The molecule has 2 amide bonds. The van der Waals surface area contributed by atoms with Gasteiger partial charge < -0.3 is 25.4 Å². The number of rotatable bonds is 8. The first kappa shape index (κ1) is 25.9. The van der Waals surface area contributed by atoms with Crippen LogP contribution in [0.3, 0.4) is 0 Å². The number of amides is 2. The average molecular weight is 538 g/mol. The van der Waals surface area contributed by atoms with E-state index in [-0.39, 0.29) is 16.8 Å². The minimum absolute atomic E-state index is 0.00644. The summed E-state index contributed by atoms with van der Waals surface area (Å²) >= 11 is 5.93. The Hall–Kier alpha value is -3.76. The van der Waals surface area contributed by atoms with Crippen molar-refractivity contribution in [2.75, 3.05) is 43.4 Å². The van der Waals surface area contributed by atoms with Crippen molar-refractivity contribution in [3.05, 3.63) is 63.4 Å². The summed E-state index contributed by atoms with van der Waals surface area (Å²) in [5, 5.41) is 5.85. The number of carbonyl (C=O) groups is 2. The molecule has 3 aromatic rings. The molecule has 0 radical (unpaired) electrons. The van der Waals surface area contributed by atoms with Crippen molar-refractivity contribution in [3.63, 3.8) is 0 Å². The number of carbonyl (C=O) groups excluding carboxylic acids is 2. The number of nitrogens with one attached hydrogen (secondary N) is 3. The minimum Gasteiger partial charge on any atom is -0.358 e. The summed E-state index contributed by atoms with van der Waals surface area (Å²) in [6, 6.07) is 4.23. The van der Waals surface area contributed by atoms with Gasteiger partial charge in [0.25, 0.3) is 11.8 Å². The number of anilines is 3. The van der Waals surface area contributed by atoms with Gasteiger partial charge in [0, 0.05) is 43.1 Å². The lowest BCUT2D eigenvalue weighted by Gasteiger charge is -2.29. The second kappa shape index (κ2) is 10.5. The molecule has 0 bridgehead atoms. The van der Waals surface area contributed by atoms with Gasteiger partial charge in [0.15, 0.2) is 0 Å². The minimum atomic E-state index is -0.532. The average Bonchev–Trinajstić information content (AvgIpc) is 3.40. The molecule has 3 N–H and O–H groups in total. The Balaban J connectivity index is 1.46. The largest absolute Gasteiger partial charge is 0.358 e. The number of hydrogen-bond acceptors (Lipinski definition) is 6. The lowest BCUT2D eigenvalue weighted by molar-refractivity contribution is -0.110. The van der Waals surface area contributed by atoms with E-state index in [1.54, 1.807) is 6.08 Å². The Kier molecular flexibility index (Phi) is 7.18. The molecule has 2 aromatic heterocycles. The zero-order valence-electron chi connectivity index (χ0n) is 21.5. The van der Waals surface area contributed by atoms with Gasteiger partial charge in [-0.2, -0.15) is 0 Å². The van der Waals surface area contributed by atoms with E-state index in [4.69, 9.17) is 11.6 Å². The van der Waals surface area contributed by atoms with Gasteiger partial charge >= 0.3 is 0 Å². The number of benzene rings is 1. The number of likely N-dealkylation sites (N-methyl/N-ethyl adjacent to an activating group) is 1. The summed E-state index contributed by atoms with van der Waals surface area (Å²) in [5.74, 6) is -0.129. The van der Waals surface area contributed by atoms with Crippen LogP contribution in [0, 0.1) is 12.7 Å². The highest BCUT2D eigenvalue weighted by Gasteiger charge is 2.32. The molecule has 38 heavy (non-hydrogen) atoms. The van der Waals surface area contributed by atoms with Crippen LogP contribution in [-0.4, -0.2) is 69.3 Å². The lowest BCUT2D eigenvalue weighted by atomic mass is 10.0. The van der Waals surface area contributed by atoms with Crippen molar-refractivity contribution in [2.24, 2.45) is 0 Å². The maximum Gasteiger partial charge on any atom is 0.257 e. The van der Waals surface area contributed by atoms with Gasteiger partial charge in [0.05, 0.1) is 21.7 Å². The molecule has 2 aliphatic heterocycles. The zero-order valence-corrected chi connectivity index (χ0v) is 22.2. The predicted octanol–water partition coefficient (Wildman–Crippen LogP) is 4.48. The van der Waals surface area contributed by atoms with Gasteiger partial charge in [-0.1, -0.05) is 25.4 Å². The molecule has 4 heterocycles. The molecule has 5 rings (SSSR count). The molecule has 198 valence electrons. The molecule has 9 nitrogen and oxygen atoms in total. The fourth-order valence-electron chi connectivity index (χ4n) is 4.93. The normalized spacial score (nSPS) is 15.7. The monoisotopic (exact) mass is 537 g/mol. The fourth-order valence-corrected chi connectivity index (χ4v) is 5.11. The highest BCUT2D eigenvalue weighted by Crippen LogP contribution is 2.38. The second-order valence-electron chi connectivity index (χ2n) is 9.30. The summed E-state index contributed by atoms with van der Waals surface area (Å²) in [4.78, 5) is 42.4. The SMILES string of the molecule is CCN(CC)CCN1CCc2[nH]c(/C=C3/C(=O)Nc4ncnc(Nc5ccc(F)c(Cl)c5)c43)c(C)c2C1=O. The third-order valence-electron chi connectivity index (χ3n) is 7.14. The number of nitrogens with zero attached hydrogens (tertiary/aromatic N) is 4. The number of aromatic amines is 1. The van der Waals surface area contributed by atoms with Gasteiger partial charge in [0.2, 0.25) is 0 Å². The first-order valence-corrected chi connectivity index (χ1v) is 13.0. The smallest absolute Gasteiger partial charge is 0.257 e. The highest BCUT2D eigenvalue weighted by molar-refractivity contribution is 6.35. The van der Waals surface area contributed by atoms with E-state index in [9.17, 15) is 14.0 Å². The first-order chi connectivity index (χ1) is 18.3. The number of H-pyrrole nitrogens is 1. The molecule has 11 heteroatoms. The van der Waals surface area contributed by atoms with E-state index in [0.29, 0.717) is 59.2 Å². The first-order valence-electron chi connectivity index (χ1n) is 12.6. The van der Waals surface area contributed by atoms with Crippen molar-refractivity contribution in [3.8, 4) is 0 Å². The van der Waals surface area contributed by atoms with Crippen LogP contribution in [0.1, 0.15) is 46.7 Å². The Bertz CT molecular complexity index is 1450. The molecule has 0 spiro atoms. The van der Waals surface area contributed by atoms with Gasteiger partial charge in [0.1, 0.15) is 23.8 Å². The van der Waals surface area contributed by atoms with Crippen LogP contribution in [0.25, 0.3) is 11.6 Å². The molecule has 0 atom stereocenters. The Morgan fingerprint density at radius 3 is 2.74 bits per heavy atom. The number of hydrogen-bond donors (Lipinski definition) is 3. The lowest BCUT2D eigenvalue weighted by Crippen LogP contribution is -2.42. The van der Waals surface area contributed by atoms with Crippen LogP contribution >= 0.6 is 11.6 Å². The highest BCUT2D eigenvalue weighted by atomic mass is 35.5. The van der Waals surface area contributed by atoms with Crippen LogP contribution in [0.5, 0.6) is 0 Å². The fraction of sp³-hybridized carbons (Fsp3) is 0.333. The third kappa shape index (κ3) is 4.77. The number of fused-ring (bicyclic) bond motifs is 2. The quantitative estimate of drug-likeness (QED) is 0.366. The third-order valence-corrected chi connectivity index (χ3v) is 7.43. The van der Waals surface area contributed by atoms with Gasteiger partial charge in [-0.25, -0.2) is 14.4 Å². The second-order valence-corrected chi connectivity index (χ2v) is 9.71. The standard InChI is InChI=1S/C27H29ClFN7O2/c1-4-35(5-2)10-11-36-9-8-20-22(27(36)38)15(3)21(33-20)13-17-23-24(30-14-31-25(23)34-26(17)37)32-16-6-7-19(29)18(28)12-16/h6-7,12-14,33H,4-5,8-11H2,1-3H3,(H2,30,31,32,34,37)/b17-13+. The van der Waals surface area contributed by atoms with Crippen LogP contribution < -0.4 is 10.6 Å². The van der Waals surface area contributed by atoms with Crippen molar-refractivity contribution < 1.29 is 14.0 Å². The van der Waals surface area contributed by atoms with Crippen LogP contribution in [0.15, 0.2) is 24.5 Å². The summed E-state index contributed by atoms with van der Waals surface area (Å²) in [6.07, 6.45) is 3.78. The van der Waals surface area contributed by atoms with E-state index in [1.807, 2.05) is 11.8 Å². The predicted molar refractivity (Wildman–Crippen MR) is 146 cm³/mol. The molecule has 1 aromatic carbocycles. The Morgan fingerprint density at radius 2 is 2.00 bits per heavy atom. The zero-order chi connectivity index (χ0) is 27.0. The molecular weight excluding hydrogens is 509 g/mol. The van der Waals surface area contributed by atoms with Crippen molar-refractivity contribution in [1.29, 1.82) is 0 Å².